The molecule has 2 aromatic heterocycles. The summed E-state index contributed by atoms with van der Waals surface area (Å²) in [7, 11) is 0. The lowest BCUT2D eigenvalue weighted by molar-refractivity contribution is -0.133. The Morgan fingerprint density at radius 3 is 3.00 bits per heavy atom. The highest BCUT2D eigenvalue weighted by atomic mass is 16.5. The Bertz CT molecular complexity index is 901. The van der Waals surface area contributed by atoms with Gasteiger partial charge in [0.15, 0.2) is 5.82 Å². The predicted octanol–water partition coefficient (Wildman–Crippen LogP) is 2.06. The van der Waals surface area contributed by atoms with E-state index in [-0.39, 0.29) is 11.9 Å². The first-order valence-electron chi connectivity index (χ1n) is 8.43. The second kappa shape index (κ2) is 6.33. The maximum Gasteiger partial charge on any atom is 0.249 e. The standard InChI is InChI=1S/C18H20N4O3/c1-12-19-18(25-20-12)16-10-14(23)11-22(16)17(24)7-9-21-8-6-13-4-2-3-5-15(13)21/h2-6,8,14,16,23H,7,9-11H2,1H3/t14-,16-/m1/s1. The normalized spacial score (nSPS) is 20.5. The van der Waals surface area contributed by atoms with Crippen molar-refractivity contribution in [3.63, 3.8) is 0 Å². The number of aliphatic hydroxyl groups is 1. The third-order valence-corrected chi connectivity index (χ3v) is 4.67. The number of β-amino-alcohol motifs (C(OH)–C–C–N with tert-alkyl or cyclic N) is 1. The topological polar surface area (TPSA) is 84.4 Å². The van der Waals surface area contributed by atoms with Crippen molar-refractivity contribution in [2.75, 3.05) is 6.54 Å². The molecule has 0 spiro atoms. The first-order chi connectivity index (χ1) is 12.1. The van der Waals surface area contributed by atoms with Gasteiger partial charge in [-0.2, -0.15) is 4.98 Å². The highest BCUT2D eigenvalue weighted by Gasteiger charge is 2.38. The number of aromatic nitrogens is 3. The van der Waals surface area contributed by atoms with Gasteiger partial charge in [-0.15, -0.1) is 0 Å². The molecule has 2 atom stereocenters. The summed E-state index contributed by atoms with van der Waals surface area (Å²) in [6.07, 6.45) is 2.22. The van der Waals surface area contributed by atoms with Gasteiger partial charge in [0.05, 0.1) is 6.10 Å². The molecule has 0 radical (unpaired) electrons. The molecule has 0 unspecified atom stereocenters. The Balaban J connectivity index is 1.48. The molecule has 1 aromatic carbocycles. The number of rotatable bonds is 4. The molecule has 1 aliphatic rings. The van der Waals surface area contributed by atoms with E-state index in [0.29, 0.717) is 37.6 Å². The van der Waals surface area contributed by atoms with Crippen LogP contribution in [-0.2, 0) is 11.3 Å². The summed E-state index contributed by atoms with van der Waals surface area (Å²) >= 11 is 0. The second-order valence-corrected chi connectivity index (χ2v) is 6.45. The van der Waals surface area contributed by atoms with Crippen molar-refractivity contribution in [1.82, 2.24) is 19.6 Å². The number of aliphatic hydroxyl groups excluding tert-OH is 1. The minimum Gasteiger partial charge on any atom is -0.391 e. The molecular formula is C18H20N4O3. The maximum atomic E-state index is 12.7. The number of hydrogen-bond acceptors (Lipinski definition) is 5. The van der Waals surface area contributed by atoms with Gasteiger partial charge in [-0.05, 0) is 24.4 Å². The zero-order valence-electron chi connectivity index (χ0n) is 14.0. The lowest BCUT2D eigenvalue weighted by Gasteiger charge is -2.21. The van der Waals surface area contributed by atoms with E-state index in [1.807, 2.05) is 30.5 Å². The van der Waals surface area contributed by atoms with Crippen LogP contribution in [0.1, 0.15) is 30.6 Å². The van der Waals surface area contributed by atoms with Crippen molar-refractivity contribution in [3.05, 3.63) is 48.2 Å². The SMILES string of the molecule is Cc1noc([C@H]2C[C@@H](O)CN2C(=O)CCn2ccc3ccccc32)n1. The summed E-state index contributed by atoms with van der Waals surface area (Å²) in [5, 5.41) is 14.9. The smallest absolute Gasteiger partial charge is 0.249 e. The summed E-state index contributed by atoms with van der Waals surface area (Å²) in [5.41, 5.74) is 1.11. The molecule has 7 nitrogen and oxygen atoms in total. The van der Waals surface area contributed by atoms with E-state index in [1.165, 1.54) is 0 Å². The largest absolute Gasteiger partial charge is 0.391 e. The van der Waals surface area contributed by atoms with Crippen molar-refractivity contribution in [2.24, 2.45) is 0 Å². The summed E-state index contributed by atoms with van der Waals surface area (Å²) < 4.78 is 7.29. The fourth-order valence-electron chi connectivity index (χ4n) is 3.47. The summed E-state index contributed by atoms with van der Waals surface area (Å²) in [6, 6.07) is 9.79. The average molecular weight is 340 g/mol. The molecule has 4 rings (SSSR count). The first kappa shape index (κ1) is 15.8. The molecule has 1 N–H and O–H groups in total. The Hall–Kier alpha value is -2.67. The highest BCUT2D eigenvalue weighted by Crippen LogP contribution is 2.31. The van der Waals surface area contributed by atoms with E-state index in [1.54, 1.807) is 11.8 Å². The number of carbonyl (C=O) groups is 1. The third kappa shape index (κ3) is 3.02. The van der Waals surface area contributed by atoms with Crippen molar-refractivity contribution in [3.8, 4) is 0 Å². The van der Waals surface area contributed by atoms with E-state index in [0.717, 1.165) is 10.9 Å². The fraction of sp³-hybridized carbons (Fsp3) is 0.389. The zero-order valence-corrected chi connectivity index (χ0v) is 14.0. The molecule has 0 saturated carbocycles. The molecule has 1 aliphatic heterocycles. The van der Waals surface area contributed by atoms with E-state index < -0.39 is 6.10 Å². The molecule has 1 amide bonds. The van der Waals surface area contributed by atoms with Gasteiger partial charge in [0.2, 0.25) is 11.8 Å². The molecule has 3 aromatic rings. The van der Waals surface area contributed by atoms with Crippen LogP contribution >= 0.6 is 0 Å². The van der Waals surface area contributed by atoms with Crippen LogP contribution in [0.15, 0.2) is 41.1 Å². The fourth-order valence-corrected chi connectivity index (χ4v) is 3.47. The summed E-state index contributed by atoms with van der Waals surface area (Å²) in [4.78, 5) is 18.6. The van der Waals surface area contributed by atoms with Gasteiger partial charge in [-0.25, -0.2) is 0 Å². The van der Waals surface area contributed by atoms with Crippen LogP contribution < -0.4 is 0 Å². The van der Waals surface area contributed by atoms with E-state index in [9.17, 15) is 9.90 Å². The van der Waals surface area contributed by atoms with Gasteiger partial charge in [-0.1, -0.05) is 23.4 Å². The molecule has 3 heterocycles. The molecule has 7 heteroatoms. The maximum absolute atomic E-state index is 12.7. The first-order valence-corrected chi connectivity index (χ1v) is 8.43. The van der Waals surface area contributed by atoms with Crippen LogP contribution in [0, 0.1) is 6.92 Å². The Labute approximate surface area is 144 Å². The van der Waals surface area contributed by atoms with Crippen LogP contribution in [0.25, 0.3) is 10.9 Å². The van der Waals surface area contributed by atoms with Crippen molar-refractivity contribution in [2.45, 2.75) is 38.5 Å². The molecule has 130 valence electrons. The molecule has 1 fully saturated rings. The number of hydrogen-bond donors (Lipinski definition) is 1. The van der Waals surface area contributed by atoms with Crippen LogP contribution in [0.5, 0.6) is 0 Å². The number of aryl methyl sites for hydroxylation is 2. The lowest BCUT2D eigenvalue weighted by atomic mass is 10.2. The van der Waals surface area contributed by atoms with Gasteiger partial charge >= 0.3 is 0 Å². The molecule has 25 heavy (non-hydrogen) atoms. The Morgan fingerprint density at radius 2 is 2.20 bits per heavy atom. The van der Waals surface area contributed by atoms with Crippen molar-refractivity contribution >= 4 is 16.8 Å². The van der Waals surface area contributed by atoms with E-state index in [4.69, 9.17) is 4.52 Å². The van der Waals surface area contributed by atoms with Gasteiger partial charge in [-0.3, -0.25) is 4.79 Å². The molecule has 0 aliphatic carbocycles. The van der Waals surface area contributed by atoms with Crippen LogP contribution in [0.3, 0.4) is 0 Å². The summed E-state index contributed by atoms with van der Waals surface area (Å²) in [5.74, 6) is 0.909. The monoisotopic (exact) mass is 340 g/mol. The van der Waals surface area contributed by atoms with Crippen molar-refractivity contribution < 1.29 is 14.4 Å². The van der Waals surface area contributed by atoms with E-state index >= 15 is 0 Å². The zero-order chi connectivity index (χ0) is 17.4. The third-order valence-electron chi connectivity index (χ3n) is 4.67. The minimum absolute atomic E-state index is 0.0183. The van der Waals surface area contributed by atoms with Gasteiger partial charge in [0.25, 0.3) is 0 Å². The molecule has 0 bridgehead atoms. The Morgan fingerprint density at radius 1 is 1.36 bits per heavy atom. The van der Waals surface area contributed by atoms with E-state index in [2.05, 4.69) is 20.8 Å². The molecule has 1 saturated heterocycles. The minimum atomic E-state index is -0.562. The number of nitrogens with zero attached hydrogens (tertiary/aromatic N) is 4. The number of fused-ring (bicyclic) bond motifs is 1. The second-order valence-electron chi connectivity index (χ2n) is 6.45. The predicted molar refractivity (Wildman–Crippen MR) is 90.7 cm³/mol. The van der Waals surface area contributed by atoms with Gasteiger partial charge < -0.3 is 19.1 Å². The van der Waals surface area contributed by atoms with Crippen LogP contribution in [-0.4, -0.2) is 43.3 Å². The van der Waals surface area contributed by atoms with Gasteiger partial charge in [0, 0.05) is 37.6 Å². The highest BCUT2D eigenvalue weighted by molar-refractivity contribution is 5.80. The van der Waals surface area contributed by atoms with Crippen LogP contribution in [0.2, 0.25) is 0 Å². The van der Waals surface area contributed by atoms with Crippen LogP contribution in [0.4, 0.5) is 0 Å². The number of amides is 1. The number of para-hydroxylation sites is 1. The lowest BCUT2D eigenvalue weighted by Crippen LogP contribution is -2.32. The Kier molecular flexibility index (Phi) is 4.01. The summed E-state index contributed by atoms with van der Waals surface area (Å²) in [6.45, 7) is 2.63. The number of benzene rings is 1. The van der Waals surface area contributed by atoms with Gasteiger partial charge in [0.1, 0.15) is 6.04 Å². The number of carbonyl (C=O) groups excluding carboxylic acids is 1. The average Bonchev–Trinajstić information content (AvgIpc) is 3.31. The number of likely N-dealkylation sites (tertiary alicyclic amines) is 1. The van der Waals surface area contributed by atoms with Crippen molar-refractivity contribution in [1.29, 1.82) is 0 Å². The quantitative estimate of drug-likeness (QED) is 0.786. The molecular weight excluding hydrogens is 320 g/mol.